The second kappa shape index (κ2) is 8.27. The van der Waals surface area contributed by atoms with Crippen LogP contribution in [0.2, 0.25) is 5.02 Å². The Morgan fingerprint density at radius 2 is 2.10 bits per heavy atom. The van der Waals surface area contributed by atoms with Crippen molar-refractivity contribution < 1.29 is 18.3 Å². The van der Waals surface area contributed by atoms with Crippen LogP contribution in [0.5, 0.6) is 5.75 Å². The van der Waals surface area contributed by atoms with E-state index in [4.69, 9.17) is 22.1 Å². The van der Waals surface area contributed by atoms with Crippen molar-refractivity contribution in [1.82, 2.24) is 20.2 Å². The van der Waals surface area contributed by atoms with E-state index in [1.807, 2.05) is 0 Å². The van der Waals surface area contributed by atoms with Crippen LogP contribution in [-0.4, -0.2) is 46.6 Å². The Morgan fingerprint density at radius 3 is 2.80 bits per heavy atom. The number of nitrogens with two attached hydrogens (primary N) is 1. The van der Waals surface area contributed by atoms with Gasteiger partial charge in [-0.15, -0.1) is 0 Å². The average molecular weight is 434 g/mol. The van der Waals surface area contributed by atoms with E-state index in [-0.39, 0.29) is 30.1 Å². The lowest BCUT2D eigenvalue weighted by atomic mass is 10.1. The number of alkyl halides is 1. The molecule has 1 unspecified atom stereocenters. The lowest BCUT2D eigenvalue weighted by Crippen LogP contribution is -2.30. The van der Waals surface area contributed by atoms with Crippen molar-refractivity contribution in [3.8, 4) is 5.75 Å². The summed E-state index contributed by atoms with van der Waals surface area (Å²) in [6, 6.07) is 3.57. The Balaban J connectivity index is 1.54. The zero-order chi connectivity index (χ0) is 21.3. The molecule has 10 heteroatoms. The van der Waals surface area contributed by atoms with E-state index in [9.17, 15) is 13.6 Å². The smallest absolute Gasteiger partial charge is 0.258 e. The number of halogens is 3. The Hall–Kier alpha value is -3.20. The van der Waals surface area contributed by atoms with E-state index < -0.39 is 17.9 Å². The largest absolute Gasteiger partial charge is 0.462 e. The summed E-state index contributed by atoms with van der Waals surface area (Å²) in [6.45, 7) is 0.823. The number of hydrogen-bond donors (Lipinski definition) is 2. The highest BCUT2D eigenvalue weighted by Gasteiger charge is 2.29. The molecule has 2 aliphatic rings. The summed E-state index contributed by atoms with van der Waals surface area (Å²) in [6.07, 6.45) is 3.22. The highest BCUT2D eigenvalue weighted by atomic mass is 35.5. The quantitative estimate of drug-likeness (QED) is 0.720. The second-order valence-electron chi connectivity index (χ2n) is 6.90. The maximum Gasteiger partial charge on any atom is 0.258 e. The van der Waals surface area contributed by atoms with Crippen molar-refractivity contribution in [2.24, 2.45) is 5.73 Å². The fourth-order valence-electron chi connectivity index (χ4n) is 3.27. The van der Waals surface area contributed by atoms with Gasteiger partial charge in [-0.3, -0.25) is 4.79 Å². The van der Waals surface area contributed by atoms with Crippen molar-refractivity contribution >= 4 is 23.1 Å². The van der Waals surface area contributed by atoms with E-state index >= 15 is 0 Å². The van der Waals surface area contributed by atoms with E-state index in [1.165, 1.54) is 29.6 Å². The monoisotopic (exact) mass is 433 g/mol. The van der Waals surface area contributed by atoms with Crippen LogP contribution in [0.4, 0.5) is 8.78 Å². The van der Waals surface area contributed by atoms with Gasteiger partial charge < -0.3 is 20.7 Å². The van der Waals surface area contributed by atoms with Crippen molar-refractivity contribution in [2.75, 3.05) is 19.6 Å². The molecule has 30 heavy (non-hydrogen) atoms. The van der Waals surface area contributed by atoms with Crippen LogP contribution in [0.1, 0.15) is 22.6 Å². The lowest BCUT2D eigenvalue weighted by molar-refractivity contribution is 0.0796. The predicted octanol–water partition coefficient (Wildman–Crippen LogP) is 2.65. The van der Waals surface area contributed by atoms with E-state index in [1.54, 1.807) is 0 Å². The molecule has 3 heterocycles. The minimum Gasteiger partial charge on any atom is -0.462 e. The average Bonchev–Trinajstić information content (AvgIpc) is 3.32. The summed E-state index contributed by atoms with van der Waals surface area (Å²) >= 11 is 5.82. The number of carbonyl (C=O) groups is 1. The normalized spacial score (nSPS) is 20.0. The maximum atomic E-state index is 13.8. The van der Waals surface area contributed by atoms with Crippen molar-refractivity contribution in [3.05, 3.63) is 70.5 Å². The summed E-state index contributed by atoms with van der Waals surface area (Å²) in [7, 11) is 0. The van der Waals surface area contributed by atoms with E-state index in [2.05, 4.69) is 15.3 Å². The number of nitrogens with one attached hydrogen (secondary N) is 1. The van der Waals surface area contributed by atoms with Crippen molar-refractivity contribution in [3.63, 3.8) is 0 Å². The van der Waals surface area contributed by atoms with Crippen LogP contribution in [0, 0.1) is 5.82 Å². The van der Waals surface area contributed by atoms with Crippen LogP contribution >= 0.6 is 11.6 Å². The van der Waals surface area contributed by atoms with Gasteiger partial charge in [0.05, 0.1) is 29.4 Å². The molecule has 1 aromatic heterocycles. The molecule has 0 radical (unpaired) electrons. The number of hydrogen-bond acceptors (Lipinski definition) is 6. The molecule has 0 saturated carbocycles. The Labute approximate surface area is 176 Å². The molecule has 1 amide bonds. The topological polar surface area (TPSA) is 93.4 Å². The zero-order valence-electron chi connectivity index (χ0n) is 15.7. The van der Waals surface area contributed by atoms with Gasteiger partial charge in [0.2, 0.25) is 0 Å². The highest BCUT2D eigenvalue weighted by molar-refractivity contribution is 6.30. The molecule has 0 spiro atoms. The number of ether oxygens (including phenoxy) is 1. The second-order valence-corrected chi connectivity index (χ2v) is 7.34. The maximum absolute atomic E-state index is 13.8. The number of carbonyl (C=O) groups excluding carboxylic acids is 1. The first kappa shape index (κ1) is 20.1. The molecular weight excluding hydrogens is 416 g/mol. The fourth-order valence-corrected chi connectivity index (χ4v) is 3.37. The van der Waals surface area contributed by atoms with Gasteiger partial charge >= 0.3 is 0 Å². The van der Waals surface area contributed by atoms with Gasteiger partial charge in [0.15, 0.2) is 5.82 Å². The van der Waals surface area contributed by atoms with Gasteiger partial charge in [-0.25, -0.2) is 18.7 Å². The molecule has 1 saturated heterocycles. The fraction of sp³-hybridized carbons (Fsp3) is 0.250. The minimum absolute atomic E-state index is 0.0110. The van der Waals surface area contributed by atoms with Crippen molar-refractivity contribution in [2.45, 2.75) is 12.6 Å². The number of allylic oxidation sites excluding steroid dienone is 1. The van der Waals surface area contributed by atoms with Crippen molar-refractivity contribution in [1.29, 1.82) is 0 Å². The molecule has 2 aliphatic heterocycles. The molecule has 0 aliphatic carbocycles. The zero-order valence-corrected chi connectivity index (χ0v) is 16.5. The third-order valence-electron chi connectivity index (χ3n) is 4.83. The molecule has 0 bridgehead atoms. The van der Waals surface area contributed by atoms with Gasteiger partial charge in [0, 0.05) is 42.7 Å². The molecule has 1 aromatic carbocycles. The summed E-state index contributed by atoms with van der Waals surface area (Å²) in [5.74, 6) is -0.617. The molecule has 2 aromatic rings. The minimum atomic E-state index is -1.18. The van der Waals surface area contributed by atoms with Crippen LogP contribution < -0.4 is 15.8 Å². The summed E-state index contributed by atoms with van der Waals surface area (Å²) in [5, 5.41) is 3.24. The first-order valence-electron chi connectivity index (χ1n) is 9.21. The first-order chi connectivity index (χ1) is 14.4. The molecule has 3 N–H and O–H groups in total. The molecule has 1 fully saturated rings. The third-order valence-corrected chi connectivity index (χ3v) is 5.02. The van der Waals surface area contributed by atoms with Gasteiger partial charge in [-0.05, 0) is 12.1 Å². The molecular formula is C20H18ClF2N5O2. The number of benzene rings is 1. The summed E-state index contributed by atoms with van der Waals surface area (Å²) < 4.78 is 33.0. The summed E-state index contributed by atoms with van der Waals surface area (Å²) in [5.41, 5.74) is 7.55. The standard InChI is InChI=1S/C20H18ClF2N5O2/c21-11-6-26-19(27-7-11)14-8-28(9-16(14)24)20(29)13-2-1-12(22)5-18(13)30-10-17-15(23)3-4-25-17/h1-2,5-7,10,15,25H,3-4,8-9,24H2/b17-10+. The van der Waals surface area contributed by atoms with E-state index in [0.717, 1.165) is 12.1 Å². The van der Waals surface area contributed by atoms with Gasteiger partial charge in [-0.2, -0.15) is 0 Å². The highest BCUT2D eigenvalue weighted by Crippen LogP contribution is 2.28. The molecule has 4 rings (SSSR count). The van der Waals surface area contributed by atoms with Crippen LogP contribution in [0.3, 0.4) is 0 Å². The van der Waals surface area contributed by atoms with Gasteiger partial charge in [0.1, 0.15) is 24.0 Å². The van der Waals surface area contributed by atoms with E-state index in [0.29, 0.717) is 35.1 Å². The SMILES string of the molecule is NC1=C(c2ncc(Cl)cn2)CN(C(=O)c2ccc(F)cc2O/C=C2/NCCC2F)C1. The number of amides is 1. The first-order valence-corrected chi connectivity index (χ1v) is 9.59. The Bertz CT molecular complexity index is 1040. The van der Waals surface area contributed by atoms with Gasteiger partial charge in [0.25, 0.3) is 5.91 Å². The Morgan fingerprint density at radius 1 is 1.33 bits per heavy atom. The van der Waals surface area contributed by atoms with Gasteiger partial charge in [-0.1, -0.05) is 11.6 Å². The lowest BCUT2D eigenvalue weighted by Gasteiger charge is -2.18. The molecule has 7 nitrogen and oxygen atoms in total. The van der Waals surface area contributed by atoms with Crippen LogP contribution in [0.15, 0.2) is 48.2 Å². The Kier molecular flexibility index (Phi) is 5.54. The summed E-state index contributed by atoms with van der Waals surface area (Å²) in [4.78, 5) is 22.8. The number of nitrogens with zero attached hydrogens (tertiary/aromatic N) is 3. The molecule has 156 valence electrons. The predicted molar refractivity (Wildman–Crippen MR) is 107 cm³/mol. The van der Waals surface area contributed by atoms with Crippen LogP contribution in [-0.2, 0) is 0 Å². The number of aromatic nitrogens is 2. The number of rotatable bonds is 4. The third kappa shape index (κ3) is 4.06. The molecule has 1 atom stereocenters. The van der Waals surface area contributed by atoms with Crippen LogP contribution in [0.25, 0.3) is 5.57 Å².